The first-order valence-electron chi connectivity index (χ1n) is 8.23. The summed E-state index contributed by atoms with van der Waals surface area (Å²) in [6.45, 7) is 6.36. The summed E-state index contributed by atoms with van der Waals surface area (Å²) in [6.07, 6.45) is 1.05. The number of nitrogens with one attached hydrogen (secondary N) is 1. The Morgan fingerprint density at radius 3 is 2.64 bits per heavy atom. The van der Waals surface area contributed by atoms with Crippen molar-refractivity contribution >= 4 is 16.9 Å². The van der Waals surface area contributed by atoms with Gasteiger partial charge in [-0.3, -0.25) is 4.68 Å². The number of hydrogen-bond donors (Lipinski definition) is 2. The van der Waals surface area contributed by atoms with Crippen molar-refractivity contribution in [2.45, 2.75) is 26.9 Å². The van der Waals surface area contributed by atoms with Crippen LogP contribution in [0.1, 0.15) is 17.0 Å². The van der Waals surface area contributed by atoms with Crippen molar-refractivity contribution in [3.05, 3.63) is 41.3 Å². The van der Waals surface area contributed by atoms with Gasteiger partial charge in [0.2, 0.25) is 0 Å². The molecule has 3 rings (SSSR count). The molecule has 0 fully saturated rings. The molecule has 3 aromatic rings. The van der Waals surface area contributed by atoms with E-state index in [0.29, 0.717) is 18.2 Å². The predicted molar refractivity (Wildman–Crippen MR) is 96.9 cm³/mol. The molecule has 2 N–H and O–H groups in total. The van der Waals surface area contributed by atoms with Crippen molar-refractivity contribution in [2.24, 2.45) is 7.05 Å². The molecule has 0 spiro atoms. The number of aryl methyl sites for hydroxylation is 4. The molecular formula is C18H23N5O2. The summed E-state index contributed by atoms with van der Waals surface area (Å²) in [5, 5.41) is 18.5. The Kier molecular flexibility index (Phi) is 4.85. The van der Waals surface area contributed by atoms with Gasteiger partial charge in [-0.05, 0) is 31.9 Å². The summed E-state index contributed by atoms with van der Waals surface area (Å²) in [6, 6.07) is 5.98. The van der Waals surface area contributed by atoms with Crippen molar-refractivity contribution in [1.29, 1.82) is 0 Å². The predicted octanol–water partition coefficient (Wildman–Crippen LogP) is 2.14. The molecule has 25 heavy (non-hydrogen) atoms. The highest BCUT2D eigenvalue weighted by Crippen LogP contribution is 2.23. The lowest BCUT2D eigenvalue weighted by atomic mass is 10.1. The molecule has 0 aliphatic carbocycles. The minimum Gasteiger partial charge on any atom is -0.490 e. The van der Waals surface area contributed by atoms with E-state index in [-0.39, 0.29) is 6.61 Å². The standard InChI is InChI=1S/C18H23N5O2/c1-11-6-5-7-12(2)16(11)25-10-14(24)8-19-17-15-9-20-23(4)18(15)22-13(3)21-17/h5-7,9,14,24H,8,10H2,1-4H3,(H,19,21,22)/t14-/m0/s1. The van der Waals surface area contributed by atoms with Gasteiger partial charge in [0.15, 0.2) is 5.65 Å². The van der Waals surface area contributed by atoms with Crippen LogP contribution in [0.4, 0.5) is 5.82 Å². The van der Waals surface area contributed by atoms with Crippen LogP contribution < -0.4 is 10.1 Å². The highest BCUT2D eigenvalue weighted by atomic mass is 16.5. The lowest BCUT2D eigenvalue weighted by Gasteiger charge is -2.16. The van der Waals surface area contributed by atoms with Crippen LogP contribution in [0, 0.1) is 20.8 Å². The molecule has 2 aromatic heterocycles. The number of ether oxygens (including phenoxy) is 1. The fourth-order valence-electron chi connectivity index (χ4n) is 2.75. The maximum Gasteiger partial charge on any atom is 0.163 e. The Balaban J connectivity index is 1.64. The number of rotatable bonds is 6. The molecule has 7 nitrogen and oxygen atoms in total. The summed E-state index contributed by atoms with van der Waals surface area (Å²) in [5.74, 6) is 2.15. The number of hydrogen-bond acceptors (Lipinski definition) is 6. The highest BCUT2D eigenvalue weighted by Gasteiger charge is 2.12. The zero-order valence-corrected chi connectivity index (χ0v) is 14.9. The van der Waals surface area contributed by atoms with Crippen LogP contribution in [0.25, 0.3) is 11.0 Å². The monoisotopic (exact) mass is 341 g/mol. The fraction of sp³-hybridized carbons (Fsp3) is 0.389. The van der Waals surface area contributed by atoms with Gasteiger partial charge in [0.05, 0.1) is 11.6 Å². The third kappa shape index (κ3) is 3.71. The number of anilines is 1. The van der Waals surface area contributed by atoms with E-state index in [1.807, 2.05) is 46.0 Å². The average Bonchev–Trinajstić information content (AvgIpc) is 2.93. The van der Waals surface area contributed by atoms with Crippen molar-refractivity contribution in [1.82, 2.24) is 19.7 Å². The quantitative estimate of drug-likeness (QED) is 0.714. The second kappa shape index (κ2) is 7.06. The van der Waals surface area contributed by atoms with Crippen molar-refractivity contribution in [3.8, 4) is 5.75 Å². The van der Waals surface area contributed by atoms with Crippen molar-refractivity contribution in [2.75, 3.05) is 18.5 Å². The summed E-state index contributed by atoms with van der Waals surface area (Å²) < 4.78 is 7.50. The normalized spacial score (nSPS) is 12.4. The number of para-hydroxylation sites is 1. The highest BCUT2D eigenvalue weighted by molar-refractivity contribution is 5.86. The summed E-state index contributed by atoms with van der Waals surface area (Å²) in [7, 11) is 1.84. The molecule has 0 aliphatic heterocycles. The Morgan fingerprint density at radius 1 is 1.20 bits per heavy atom. The molecule has 0 unspecified atom stereocenters. The zero-order valence-electron chi connectivity index (χ0n) is 14.9. The molecule has 2 heterocycles. The van der Waals surface area contributed by atoms with Crippen LogP contribution in [0.2, 0.25) is 0 Å². The molecule has 0 amide bonds. The van der Waals surface area contributed by atoms with Gasteiger partial charge in [0.25, 0.3) is 0 Å². The Bertz CT molecular complexity index is 870. The van der Waals surface area contributed by atoms with E-state index >= 15 is 0 Å². The first kappa shape index (κ1) is 17.2. The smallest absolute Gasteiger partial charge is 0.163 e. The van der Waals surface area contributed by atoms with Gasteiger partial charge in [0, 0.05) is 13.6 Å². The molecule has 0 bridgehead atoms. The third-order valence-corrected chi connectivity index (χ3v) is 4.04. The van der Waals surface area contributed by atoms with Crippen molar-refractivity contribution < 1.29 is 9.84 Å². The molecule has 1 atom stereocenters. The van der Waals surface area contributed by atoms with Gasteiger partial charge >= 0.3 is 0 Å². The van der Waals surface area contributed by atoms with Crippen LogP contribution in [0.15, 0.2) is 24.4 Å². The second-order valence-corrected chi connectivity index (χ2v) is 6.19. The Morgan fingerprint density at radius 2 is 1.92 bits per heavy atom. The lowest BCUT2D eigenvalue weighted by Crippen LogP contribution is -2.27. The average molecular weight is 341 g/mol. The van der Waals surface area contributed by atoms with E-state index in [4.69, 9.17) is 4.74 Å². The second-order valence-electron chi connectivity index (χ2n) is 6.19. The molecule has 0 aliphatic rings. The largest absolute Gasteiger partial charge is 0.490 e. The van der Waals surface area contributed by atoms with Gasteiger partial charge in [0.1, 0.15) is 30.1 Å². The van der Waals surface area contributed by atoms with E-state index in [0.717, 1.165) is 27.9 Å². The number of benzene rings is 1. The lowest BCUT2D eigenvalue weighted by molar-refractivity contribution is 0.117. The van der Waals surface area contributed by atoms with Gasteiger partial charge in [-0.15, -0.1) is 0 Å². The van der Waals surface area contributed by atoms with E-state index < -0.39 is 6.10 Å². The Labute approximate surface area is 146 Å². The van der Waals surface area contributed by atoms with Crippen LogP contribution in [0.3, 0.4) is 0 Å². The summed E-state index contributed by atoms with van der Waals surface area (Å²) >= 11 is 0. The van der Waals surface area contributed by atoms with Gasteiger partial charge in [-0.1, -0.05) is 18.2 Å². The fourth-order valence-corrected chi connectivity index (χ4v) is 2.75. The van der Waals surface area contributed by atoms with E-state index in [2.05, 4.69) is 20.4 Å². The minimum atomic E-state index is -0.666. The zero-order chi connectivity index (χ0) is 18.0. The van der Waals surface area contributed by atoms with E-state index in [1.165, 1.54) is 0 Å². The molecule has 0 saturated heterocycles. The number of aliphatic hydroxyl groups is 1. The molecule has 132 valence electrons. The van der Waals surface area contributed by atoms with Gasteiger partial charge in [-0.25, -0.2) is 9.97 Å². The number of aliphatic hydroxyl groups excluding tert-OH is 1. The van der Waals surface area contributed by atoms with Crippen LogP contribution in [-0.2, 0) is 7.05 Å². The first-order valence-corrected chi connectivity index (χ1v) is 8.23. The van der Waals surface area contributed by atoms with Gasteiger partial charge < -0.3 is 15.2 Å². The molecule has 7 heteroatoms. The SMILES string of the molecule is Cc1nc(NC[C@H](O)COc2c(C)cccc2C)c2cnn(C)c2n1. The van der Waals surface area contributed by atoms with Crippen LogP contribution in [0.5, 0.6) is 5.75 Å². The third-order valence-electron chi connectivity index (χ3n) is 4.04. The summed E-state index contributed by atoms with van der Waals surface area (Å²) in [4.78, 5) is 8.79. The Hall–Kier alpha value is -2.67. The number of fused-ring (bicyclic) bond motifs is 1. The number of nitrogens with zero attached hydrogens (tertiary/aromatic N) is 4. The molecule has 0 saturated carbocycles. The van der Waals surface area contributed by atoms with Gasteiger partial charge in [-0.2, -0.15) is 5.10 Å². The van der Waals surface area contributed by atoms with E-state index in [1.54, 1.807) is 10.9 Å². The topological polar surface area (TPSA) is 85.1 Å². The first-order chi connectivity index (χ1) is 12.0. The summed E-state index contributed by atoms with van der Waals surface area (Å²) in [5.41, 5.74) is 2.88. The molecular weight excluding hydrogens is 318 g/mol. The van der Waals surface area contributed by atoms with Crippen LogP contribution >= 0.6 is 0 Å². The molecule has 1 aromatic carbocycles. The van der Waals surface area contributed by atoms with E-state index in [9.17, 15) is 5.11 Å². The number of aromatic nitrogens is 4. The molecule has 0 radical (unpaired) electrons. The minimum absolute atomic E-state index is 0.207. The maximum atomic E-state index is 10.2. The van der Waals surface area contributed by atoms with Crippen molar-refractivity contribution in [3.63, 3.8) is 0 Å². The maximum absolute atomic E-state index is 10.2. The van der Waals surface area contributed by atoms with Crippen LogP contribution in [-0.4, -0.2) is 44.1 Å².